The maximum Gasteiger partial charge on any atom is 0.151 e. The molecule has 0 bridgehead atoms. The van der Waals surface area contributed by atoms with Crippen molar-refractivity contribution in [3.05, 3.63) is 18.1 Å². The molecule has 7 nitrogen and oxygen atoms in total. The van der Waals surface area contributed by atoms with Gasteiger partial charge in [0, 0.05) is 23.8 Å². The van der Waals surface area contributed by atoms with Crippen molar-refractivity contribution in [3.8, 4) is 0 Å². The molecule has 0 amide bonds. The van der Waals surface area contributed by atoms with Gasteiger partial charge in [-0.05, 0) is 12.8 Å². The topological polar surface area (TPSA) is 109 Å². The molecule has 0 saturated carbocycles. The molecular weight excluding hydrogens is 246 g/mol. The number of hydrogen-bond donors (Lipinski definition) is 4. The third-order valence-electron chi connectivity index (χ3n) is 3.55. The minimum absolute atomic E-state index is 0.232. The van der Waals surface area contributed by atoms with Gasteiger partial charge >= 0.3 is 0 Å². The molecule has 102 valence electrons. The Morgan fingerprint density at radius 2 is 2.32 bits per heavy atom. The van der Waals surface area contributed by atoms with Gasteiger partial charge in [-0.15, -0.1) is 0 Å². The standard InChI is InChI=1S/C12H17N5O2/c13-12-11-10(15-5-16-12)8(3-14-11)9-2-1-7(17-9)4-19-6-18/h3,5,7,9,14,17-18H,1-2,4,6H2,(H2,13,15,16). The molecule has 1 aliphatic rings. The van der Waals surface area contributed by atoms with E-state index in [1.165, 1.54) is 6.33 Å². The van der Waals surface area contributed by atoms with Crippen LogP contribution in [0, 0.1) is 0 Å². The summed E-state index contributed by atoms with van der Waals surface area (Å²) in [5.74, 6) is 0.467. The lowest BCUT2D eigenvalue weighted by Crippen LogP contribution is -2.28. The maximum absolute atomic E-state index is 8.66. The van der Waals surface area contributed by atoms with Crippen LogP contribution < -0.4 is 11.1 Å². The predicted octanol–water partition coefficient (Wildman–Crippen LogP) is 0.300. The second-order valence-electron chi connectivity index (χ2n) is 4.72. The van der Waals surface area contributed by atoms with E-state index in [1.807, 2.05) is 6.20 Å². The Bertz CT molecular complexity index is 570. The van der Waals surface area contributed by atoms with Crippen LogP contribution in [0.2, 0.25) is 0 Å². The number of nitrogens with zero attached hydrogens (tertiary/aromatic N) is 2. The highest BCUT2D eigenvalue weighted by molar-refractivity contribution is 5.87. The highest BCUT2D eigenvalue weighted by atomic mass is 16.6. The van der Waals surface area contributed by atoms with Crippen LogP contribution in [0.4, 0.5) is 5.82 Å². The zero-order valence-corrected chi connectivity index (χ0v) is 10.5. The van der Waals surface area contributed by atoms with Crippen LogP contribution >= 0.6 is 0 Å². The number of hydrogen-bond acceptors (Lipinski definition) is 6. The maximum atomic E-state index is 8.66. The summed E-state index contributed by atoms with van der Waals surface area (Å²) < 4.78 is 5.03. The molecule has 0 aromatic carbocycles. The molecule has 1 aliphatic heterocycles. The smallest absolute Gasteiger partial charge is 0.151 e. The van der Waals surface area contributed by atoms with Crippen molar-refractivity contribution in [1.29, 1.82) is 0 Å². The number of aliphatic hydroxyl groups is 1. The van der Waals surface area contributed by atoms with Crippen LogP contribution in [0.1, 0.15) is 24.4 Å². The lowest BCUT2D eigenvalue weighted by Gasteiger charge is -2.13. The van der Waals surface area contributed by atoms with E-state index in [9.17, 15) is 0 Å². The molecule has 2 aromatic rings. The van der Waals surface area contributed by atoms with E-state index >= 15 is 0 Å². The number of nitrogens with one attached hydrogen (secondary N) is 2. The summed E-state index contributed by atoms with van der Waals surface area (Å²) in [5, 5.41) is 12.1. The first-order valence-electron chi connectivity index (χ1n) is 6.31. The van der Waals surface area contributed by atoms with E-state index in [-0.39, 0.29) is 18.9 Å². The summed E-state index contributed by atoms with van der Waals surface area (Å²) in [6, 6.07) is 0.497. The monoisotopic (exact) mass is 263 g/mol. The fraction of sp³-hybridized carbons (Fsp3) is 0.500. The molecule has 7 heteroatoms. The van der Waals surface area contributed by atoms with Crippen LogP contribution in [-0.4, -0.2) is 39.5 Å². The molecule has 1 saturated heterocycles. The molecule has 2 unspecified atom stereocenters. The lowest BCUT2D eigenvalue weighted by molar-refractivity contribution is -0.00940. The average Bonchev–Trinajstić information content (AvgIpc) is 3.02. The highest BCUT2D eigenvalue weighted by Crippen LogP contribution is 2.31. The molecule has 0 aliphatic carbocycles. The number of ether oxygens (including phenoxy) is 1. The normalized spacial score (nSPS) is 23.2. The van der Waals surface area contributed by atoms with Crippen LogP contribution in [0.25, 0.3) is 11.0 Å². The van der Waals surface area contributed by atoms with E-state index in [0.29, 0.717) is 12.4 Å². The fourth-order valence-corrected chi connectivity index (χ4v) is 2.64. The first-order valence-corrected chi connectivity index (χ1v) is 6.31. The Hall–Kier alpha value is -1.70. The van der Waals surface area contributed by atoms with Crippen LogP contribution in [0.3, 0.4) is 0 Å². The number of aromatic amines is 1. The van der Waals surface area contributed by atoms with E-state index in [1.54, 1.807) is 0 Å². The minimum atomic E-state index is -0.236. The Morgan fingerprint density at radius 1 is 1.42 bits per heavy atom. The van der Waals surface area contributed by atoms with Crippen LogP contribution in [-0.2, 0) is 4.74 Å². The van der Waals surface area contributed by atoms with Gasteiger partial charge < -0.3 is 25.9 Å². The fourth-order valence-electron chi connectivity index (χ4n) is 2.64. The highest BCUT2D eigenvalue weighted by Gasteiger charge is 2.27. The van der Waals surface area contributed by atoms with Crippen molar-refractivity contribution in [1.82, 2.24) is 20.3 Å². The summed E-state index contributed by atoms with van der Waals surface area (Å²) in [4.78, 5) is 11.4. The van der Waals surface area contributed by atoms with Gasteiger partial charge in [0.1, 0.15) is 18.6 Å². The third-order valence-corrected chi connectivity index (χ3v) is 3.55. The van der Waals surface area contributed by atoms with Gasteiger partial charge in [0.15, 0.2) is 5.82 Å². The SMILES string of the molecule is Nc1ncnc2c(C3CCC(COCO)N3)c[nH]c12. The number of nitrogens with two attached hydrogens (primary N) is 1. The molecule has 3 rings (SSSR count). The van der Waals surface area contributed by atoms with Crippen molar-refractivity contribution < 1.29 is 9.84 Å². The number of fused-ring (bicyclic) bond motifs is 1. The molecule has 5 N–H and O–H groups in total. The Morgan fingerprint density at radius 3 is 3.16 bits per heavy atom. The van der Waals surface area contributed by atoms with Crippen molar-refractivity contribution in [2.24, 2.45) is 0 Å². The van der Waals surface area contributed by atoms with Crippen molar-refractivity contribution in [3.63, 3.8) is 0 Å². The molecule has 0 radical (unpaired) electrons. The van der Waals surface area contributed by atoms with Gasteiger partial charge in [-0.3, -0.25) is 0 Å². The van der Waals surface area contributed by atoms with Gasteiger partial charge in [-0.2, -0.15) is 0 Å². The number of aliphatic hydroxyl groups excluding tert-OH is 1. The molecule has 1 fully saturated rings. The largest absolute Gasteiger partial charge is 0.382 e. The summed E-state index contributed by atoms with van der Waals surface area (Å²) >= 11 is 0. The van der Waals surface area contributed by atoms with Gasteiger partial charge in [0.25, 0.3) is 0 Å². The zero-order valence-electron chi connectivity index (χ0n) is 10.5. The molecule has 0 spiro atoms. The molecule has 3 heterocycles. The van der Waals surface area contributed by atoms with Crippen molar-refractivity contribution >= 4 is 16.9 Å². The second-order valence-corrected chi connectivity index (χ2v) is 4.72. The number of anilines is 1. The van der Waals surface area contributed by atoms with E-state index in [2.05, 4.69) is 20.3 Å². The molecule has 19 heavy (non-hydrogen) atoms. The Balaban J connectivity index is 1.80. The number of aromatic nitrogens is 3. The average molecular weight is 263 g/mol. The minimum Gasteiger partial charge on any atom is -0.382 e. The van der Waals surface area contributed by atoms with Crippen LogP contribution in [0.5, 0.6) is 0 Å². The third kappa shape index (κ3) is 2.27. The number of H-pyrrole nitrogens is 1. The van der Waals surface area contributed by atoms with Gasteiger partial charge in [0.2, 0.25) is 0 Å². The molecule has 2 atom stereocenters. The summed E-state index contributed by atoms with van der Waals surface area (Å²) in [5.41, 5.74) is 8.57. The Kier molecular flexibility index (Phi) is 3.33. The number of rotatable bonds is 4. The quantitative estimate of drug-likeness (QED) is 0.591. The zero-order chi connectivity index (χ0) is 13.2. The summed E-state index contributed by atoms with van der Waals surface area (Å²) in [7, 11) is 0. The second kappa shape index (κ2) is 5.12. The summed E-state index contributed by atoms with van der Waals surface area (Å²) in [6.07, 6.45) is 5.44. The van der Waals surface area contributed by atoms with Crippen LogP contribution in [0.15, 0.2) is 12.5 Å². The lowest BCUT2D eigenvalue weighted by atomic mass is 10.1. The van der Waals surface area contributed by atoms with Gasteiger partial charge in [-0.1, -0.05) is 0 Å². The van der Waals surface area contributed by atoms with Gasteiger partial charge in [0.05, 0.1) is 12.1 Å². The van der Waals surface area contributed by atoms with E-state index in [4.69, 9.17) is 15.6 Å². The van der Waals surface area contributed by atoms with Gasteiger partial charge in [-0.25, -0.2) is 9.97 Å². The van der Waals surface area contributed by atoms with E-state index < -0.39 is 0 Å². The van der Waals surface area contributed by atoms with Crippen molar-refractivity contribution in [2.45, 2.75) is 24.9 Å². The first-order chi connectivity index (χ1) is 9.29. The summed E-state index contributed by atoms with van der Waals surface area (Å²) in [6.45, 7) is 0.284. The first kappa shape index (κ1) is 12.3. The van der Waals surface area contributed by atoms with Crippen molar-refractivity contribution in [2.75, 3.05) is 19.1 Å². The Labute approximate surface area is 110 Å². The van der Waals surface area contributed by atoms with E-state index in [0.717, 1.165) is 29.4 Å². The molecular formula is C12H17N5O2. The number of nitrogen functional groups attached to an aromatic ring is 1. The molecule has 2 aromatic heterocycles. The predicted molar refractivity (Wildman–Crippen MR) is 70.2 cm³/mol.